The van der Waals surface area contributed by atoms with Crippen molar-refractivity contribution in [3.8, 4) is 46.0 Å². The molecule has 0 bridgehead atoms. The monoisotopic (exact) mass is 1870 g/mol. The summed E-state index contributed by atoms with van der Waals surface area (Å²) in [7, 11) is 0. The molecule has 0 radical (unpaired) electrons. The first-order valence-electron chi connectivity index (χ1n) is 48.4. The molecule has 11 aromatic rings. The number of carbonyl (C=O) groups excluding carboxylic acids is 3. The van der Waals surface area contributed by atoms with Crippen molar-refractivity contribution in [2.45, 2.75) is 341 Å². The Balaban J connectivity index is 0.000000234. The fourth-order valence-electron chi connectivity index (χ4n) is 18.9. The molecule has 0 atom stereocenters. The van der Waals surface area contributed by atoms with Gasteiger partial charge in [-0.25, -0.2) is 0 Å². The number of pyridine rings is 2. The molecule has 14 heteroatoms. The van der Waals surface area contributed by atoms with Crippen molar-refractivity contribution >= 4 is 50.8 Å². The second-order valence-electron chi connectivity index (χ2n) is 39.0. The molecule has 0 spiro atoms. The zero-order valence-corrected chi connectivity index (χ0v) is 84.4. The Bertz CT molecular complexity index is 5560. The van der Waals surface area contributed by atoms with Crippen molar-refractivity contribution in [2.75, 3.05) is 52.9 Å². The van der Waals surface area contributed by atoms with E-state index in [1.165, 1.54) is 130 Å². The molecule has 0 fully saturated rings. The van der Waals surface area contributed by atoms with Crippen molar-refractivity contribution in [3.05, 3.63) is 278 Å². The average molecular weight is 1870 g/mol. The zero-order chi connectivity index (χ0) is 94.9. The minimum atomic E-state index is 0. The summed E-state index contributed by atoms with van der Waals surface area (Å²) in [6, 6.07) is 42.0. The molecule has 0 saturated carbocycles. The van der Waals surface area contributed by atoms with E-state index in [1.54, 1.807) is 0 Å². The number of hydrogen-bond donors (Lipinski definition) is 0. The lowest BCUT2D eigenvalue weighted by molar-refractivity contribution is 0.0922. The lowest BCUT2D eigenvalue weighted by Crippen LogP contribution is -2.18. The van der Waals surface area contributed by atoms with Gasteiger partial charge in [-0.1, -0.05) is 240 Å². The van der Waals surface area contributed by atoms with Crippen molar-refractivity contribution in [1.82, 2.24) is 9.97 Å². The van der Waals surface area contributed by atoms with E-state index in [-0.39, 0.29) is 54.5 Å². The minimum Gasteiger partial charge on any atom is -0.493 e. The molecule has 10 heterocycles. The first kappa shape index (κ1) is 114. The van der Waals surface area contributed by atoms with Gasteiger partial charge in [-0.3, -0.25) is 24.4 Å². The normalized spacial score (nSPS) is 14.0. The lowest BCUT2D eigenvalue weighted by Gasteiger charge is -2.24. The van der Waals surface area contributed by atoms with E-state index in [0.717, 1.165) is 166 Å². The highest BCUT2D eigenvalue weighted by Gasteiger charge is 2.30. The third-order valence-corrected chi connectivity index (χ3v) is 26.5. The van der Waals surface area contributed by atoms with Crippen LogP contribution in [0, 0.1) is 55.4 Å². The number of ketones is 3. The predicted octanol–water partition coefficient (Wildman–Crippen LogP) is 33.4. The third kappa shape index (κ3) is 27.7. The average Bonchev–Trinajstić information content (AvgIpc) is 0.772. The van der Waals surface area contributed by atoms with Gasteiger partial charge in [-0.15, -0.1) is 0 Å². The smallest absolute Gasteiger partial charge is 0.170 e. The SMILES string of the molecule is C.C.C.C.C.CC(C)c1ccc(Cl)cc1.CC(C)c1ccc2c(c1)C(=O)CCO2.CC(C)c1ccc2c(c1)CCCO2.CC(C)c1ccc2c3c(ccnc13)CCO2.CC(C)c1ccc2c3c(ccnc13)CCO2.Cc1cc(C(C)C)c(C)c2c1OCCC2.Cc1cc(C(C)C)c(C)c2c1OCCC2.Cc1cc(C(C)C)c(C)c2c1OCCC2=O.Cc1cc(C(C)C)c(C)c2c1OCCC2=O. The molecule has 0 amide bonds. The molecule has 0 aliphatic carbocycles. The zero-order valence-electron chi connectivity index (χ0n) is 83.6. The van der Waals surface area contributed by atoms with Gasteiger partial charge >= 0.3 is 0 Å². The van der Waals surface area contributed by atoms with Crippen LogP contribution in [0.15, 0.2) is 134 Å². The summed E-state index contributed by atoms with van der Waals surface area (Å²) in [4.78, 5) is 44.5. The highest BCUT2D eigenvalue weighted by molar-refractivity contribution is 6.30. The Morgan fingerprint density at radius 3 is 0.993 bits per heavy atom. The van der Waals surface area contributed by atoms with Crippen LogP contribution in [0.3, 0.4) is 0 Å². The summed E-state index contributed by atoms with van der Waals surface area (Å²) >= 11 is 5.72. The van der Waals surface area contributed by atoms with Gasteiger partial charge in [0.2, 0.25) is 0 Å². The molecular weight excluding hydrogens is 1700 g/mol. The van der Waals surface area contributed by atoms with Crippen LogP contribution in [0.1, 0.15) is 407 Å². The topological polar surface area (TPSA) is 151 Å². The molecule has 8 aliphatic rings. The molecule has 0 unspecified atom stereocenters. The van der Waals surface area contributed by atoms with Crippen molar-refractivity contribution in [1.29, 1.82) is 0 Å². The standard InChI is InChI=1S/2C14H15NO.2C14H18O2.2C14H20O.C12H14O2.C12H16O.C9H11Cl.5CH4/c2*1-9(2)11-3-4-12-13-10(6-8-16-12)5-7-15-14(11)13;2*1-8(2)11-7-9(3)14-13(10(11)4)12(15)5-6-16-14;2*1-9(2)13-8-10(3)14-12(11(13)4)6-5-7-15-14;1-8(2)9-3-4-12-10(7-9)11(13)5-6-14-12;1-9(2)10-5-6-12-11(8-10)4-3-7-13-12;1-7(2)8-3-5-9(10)6-4-8;;;;;/h2*3-5,7,9H,6,8H2,1-2H3;2*7-8H,5-6H2,1-4H3;2*8-9H,5-7H2,1-4H3;3-4,7-8H,5-6H2,1-2H3;5-6,8-9H,3-4,7H2,1-2H3;3-7H,1-2H3;5*1H4. The minimum absolute atomic E-state index is 0. The van der Waals surface area contributed by atoms with E-state index in [1.807, 2.05) is 70.4 Å². The number of hydrogen-bond acceptors (Lipinski definition) is 13. The van der Waals surface area contributed by atoms with E-state index in [9.17, 15) is 14.4 Å². The molecule has 0 N–H and O–H groups in total. The first-order valence-corrected chi connectivity index (χ1v) is 48.8. The maximum atomic E-state index is 12.0. The second-order valence-corrected chi connectivity index (χ2v) is 39.5. The molecule has 9 aromatic carbocycles. The van der Waals surface area contributed by atoms with Gasteiger partial charge in [0.25, 0.3) is 0 Å². The van der Waals surface area contributed by atoms with Crippen molar-refractivity contribution in [3.63, 3.8) is 0 Å². The van der Waals surface area contributed by atoms with Gasteiger partial charge in [0, 0.05) is 60.3 Å². The summed E-state index contributed by atoms with van der Waals surface area (Å²) in [6.07, 6.45) is 14.4. The highest BCUT2D eigenvalue weighted by atomic mass is 35.5. The summed E-state index contributed by atoms with van der Waals surface area (Å²) in [5.74, 6) is 13.2. The van der Waals surface area contributed by atoms with Gasteiger partial charge < -0.3 is 37.9 Å². The number of carbonyl (C=O) groups is 3. The number of aryl methyl sites for hydroxylation is 5. The van der Waals surface area contributed by atoms with Crippen LogP contribution in [0.5, 0.6) is 46.0 Å². The molecule has 0 saturated heterocycles. The van der Waals surface area contributed by atoms with Crippen LogP contribution in [-0.2, 0) is 32.1 Å². The first-order chi connectivity index (χ1) is 62.5. The maximum Gasteiger partial charge on any atom is 0.170 e. The Hall–Kier alpha value is -10.5. The quantitative estimate of drug-likeness (QED) is 0.135. The summed E-state index contributed by atoms with van der Waals surface area (Å²) in [6.45, 7) is 62.2. The van der Waals surface area contributed by atoms with Gasteiger partial charge in [0.15, 0.2) is 17.3 Å². The fraction of sp³-hybridized carbons (Fsp3) is 0.484. The molecule has 136 heavy (non-hydrogen) atoms. The maximum absolute atomic E-state index is 12.0. The van der Waals surface area contributed by atoms with Gasteiger partial charge in [0.05, 0.1) is 80.6 Å². The molecule has 8 aliphatic heterocycles. The van der Waals surface area contributed by atoms with Gasteiger partial charge in [-0.2, -0.15) is 0 Å². The van der Waals surface area contributed by atoms with E-state index in [2.05, 4.69) is 253 Å². The Labute approximate surface area is 825 Å². The van der Waals surface area contributed by atoms with Crippen LogP contribution < -0.4 is 37.9 Å². The Morgan fingerprint density at radius 1 is 0.272 bits per heavy atom. The Morgan fingerprint density at radius 2 is 0.588 bits per heavy atom. The number of fused-ring (bicyclic) bond motifs is 6. The highest BCUT2D eigenvalue weighted by Crippen LogP contribution is 2.44. The number of nitrogens with zero attached hydrogens (tertiary/aromatic N) is 2. The second kappa shape index (κ2) is 52.3. The number of ether oxygens (including phenoxy) is 8. The van der Waals surface area contributed by atoms with E-state index in [0.29, 0.717) is 92.3 Å². The number of Topliss-reactive ketones (excluding diaryl/α,β-unsaturated/α-hetero) is 3. The number of benzene rings is 9. The molecule has 738 valence electrons. The third-order valence-electron chi connectivity index (χ3n) is 26.3. The molecular formula is C122H167ClN2O11. The van der Waals surface area contributed by atoms with E-state index >= 15 is 0 Å². The van der Waals surface area contributed by atoms with E-state index < -0.39 is 0 Å². The van der Waals surface area contributed by atoms with Crippen LogP contribution in [0.4, 0.5) is 0 Å². The predicted molar refractivity (Wildman–Crippen MR) is 575 cm³/mol. The molecule has 19 rings (SSSR count). The van der Waals surface area contributed by atoms with Crippen LogP contribution >= 0.6 is 11.6 Å². The molecule has 13 nitrogen and oxygen atoms in total. The van der Waals surface area contributed by atoms with Crippen molar-refractivity contribution < 1.29 is 52.3 Å². The number of halogens is 1. The largest absolute Gasteiger partial charge is 0.493 e. The fourth-order valence-corrected chi connectivity index (χ4v) is 19.0. The van der Waals surface area contributed by atoms with Gasteiger partial charge in [-0.05, 0) is 324 Å². The summed E-state index contributed by atoms with van der Waals surface area (Å²) in [5, 5.41) is 3.25. The molecule has 2 aromatic heterocycles. The summed E-state index contributed by atoms with van der Waals surface area (Å²) < 4.78 is 45.1. The van der Waals surface area contributed by atoms with Crippen LogP contribution in [0.25, 0.3) is 21.8 Å². The summed E-state index contributed by atoms with van der Waals surface area (Å²) in [5.41, 5.74) is 33.6. The van der Waals surface area contributed by atoms with Gasteiger partial charge in [0.1, 0.15) is 46.0 Å². The van der Waals surface area contributed by atoms with Crippen LogP contribution in [-0.4, -0.2) is 80.2 Å². The van der Waals surface area contributed by atoms with Crippen LogP contribution in [0.2, 0.25) is 5.02 Å². The van der Waals surface area contributed by atoms with E-state index in [4.69, 9.17) is 49.5 Å². The number of rotatable bonds is 9. The Kier molecular flexibility index (Phi) is 43.9. The lowest BCUT2D eigenvalue weighted by atomic mass is 9.88. The number of aromatic nitrogens is 2. The van der Waals surface area contributed by atoms with Crippen molar-refractivity contribution in [2.24, 2.45) is 0 Å².